The van der Waals surface area contributed by atoms with Crippen LogP contribution in [0, 0.1) is 0 Å². The van der Waals surface area contributed by atoms with Gasteiger partial charge < -0.3 is 59.3 Å². The number of nitrogens with zero attached hydrogens (tertiary/aromatic N) is 1. The summed E-state index contributed by atoms with van der Waals surface area (Å²) in [5.41, 5.74) is 7.30. The Hall–Kier alpha value is -7.19. The van der Waals surface area contributed by atoms with Crippen molar-refractivity contribution >= 4 is 213 Å². The van der Waals surface area contributed by atoms with Crippen LogP contribution in [-0.2, 0) is 52.3 Å². The third-order valence-corrected chi connectivity index (χ3v) is 14.7. The highest BCUT2D eigenvalue weighted by molar-refractivity contribution is 7.10. The number of halogens is 5. The normalized spacial score (nSPS) is 9.94. The number of aromatic hydroxyl groups is 1. The number of thiophene rings is 5. The van der Waals surface area contributed by atoms with Crippen molar-refractivity contribution in [3.8, 4) is 5.75 Å². The van der Waals surface area contributed by atoms with Gasteiger partial charge in [-0.2, -0.15) is 0 Å². The molecule has 24 nitrogen and oxygen atoms in total. The molecule has 34 heteroatoms. The van der Waals surface area contributed by atoms with Crippen molar-refractivity contribution in [3.63, 3.8) is 0 Å². The second-order valence-corrected chi connectivity index (χ2v) is 20.7. The minimum absolute atomic E-state index is 0. The Labute approximate surface area is 534 Å². The molecule has 0 saturated carbocycles. The third kappa shape index (κ3) is 22.0. The van der Waals surface area contributed by atoms with Gasteiger partial charge in [-0.1, -0.05) is 34.8 Å². The Kier molecular flexibility index (Phi) is 33.2. The van der Waals surface area contributed by atoms with Gasteiger partial charge in [-0.15, -0.1) is 69.1 Å². The molecule has 86 heavy (non-hydrogen) atoms. The van der Waals surface area contributed by atoms with E-state index in [9.17, 15) is 57.8 Å². The summed E-state index contributed by atoms with van der Waals surface area (Å²) >= 11 is 29.7. The highest BCUT2D eigenvalue weighted by atomic mass is 35.5. The van der Waals surface area contributed by atoms with Crippen LogP contribution in [0.2, 0.25) is 15.2 Å². The van der Waals surface area contributed by atoms with E-state index in [0.29, 0.717) is 49.3 Å². The molecule has 8 rings (SSSR count). The van der Waals surface area contributed by atoms with E-state index in [2.05, 4.69) is 39.2 Å². The van der Waals surface area contributed by atoms with Crippen LogP contribution in [-0.4, -0.2) is 120 Å². The maximum atomic E-state index is 11.6. The number of amides is 1. The summed E-state index contributed by atoms with van der Waals surface area (Å²) in [5.74, 6) is -4.99. The number of nitrogen functional groups attached to an aromatic ring is 1. The lowest BCUT2D eigenvalue weighted by atomic mass is 10.2. The van der Waals surface area contributed by atoms with Crippen LogP contribution < -0.4 is 22.2 Å². The summed E-state index contributed by atoms with van der Waals surface area (Å²) in [6.07, 6.45) is -0.723. The molecule has 8 aromatic heterocycles. The van der Waals surface area contributed by atoms with Crippen molar-refractivity contribution in [2.75, 3.05) is 58.3 Å². The van der Waals surface area contributed by atoms with Gasteiger partial charge in [0.15, 0.2) is 5.56 Å². The standard InChI is InChI=1S/C11H13NO5S.C10H7Cl2NO2S.C10H8ClNO3S.C10H9NO4S.C6H7NO2S.C5H7ClO3.ClH/c1-3-17-10(14)4-9(13)12-8-6-18-5-7(8)11(15)16-2;1-2-15-10(14)7-8(11)5-3-16-4-6(5)13-9(7)12;1-2-15-10(14)7-8(11)5-3-16-4-6(5)12-9(7)13;1-2-15-10(14)7-8(12)5-3-16-4-6(5)11-9(7)13;1-9-6(8)4-2-10-3-5(4)7;1-2-9-5(8)3-4(6)7;/h5-6H,3-4H2,1-2H3,(H,12,13);3-4H,2H2,1H3;3-4H,2H2,1H3,(H,12,13);3-4,12H,2H2,1H3,(H,11,13);2-3H,7H2,1H3;2-3H2,1H3;1H. The van der Waals surface area contributed by atoms with Crippen molar-refractivity contribution in [1.82, 2.24) is 15.0 Å². The highest BCUT2D eigenvalue weighted by Gasteiger charge is 2.23. The Balaban J connectivity index is 0.000000356. The largest absolute Gasteiger partial charge is 0.506 e. The summed E-state index contributed by atoms with van der Waals surface area (Å²) in [6.45, 7) is 9.47. The quantitative estimate of drug-likeness (QED) is 0.0209. The SMILES string of the molecule is CCOC(=O)CC(=O)Cl.CCOC(=O)CC(=O)Nc1cscc1C(=O)OC.CCOC(=O)c1c(Cl)c2cscc2[nH]c1=O.CCOC(=O)c1c(Cl)nc2cscc2c1Cl.CCOC(=O)c1c(O)c2cscc2[nH]c1=O.COC(=O)c1cscc1N.Cl. The summed E-state index contributed by atoms with van der Waals surface area (Å²) in [7, 11) is 2.59. The van der Waals surface area contributed by atoms with E-state index in [1.165, 1.54) is 70.9 Å². The van der Waals surface area contributed by atoms with Gasteiger partial charge in [0, 0.05) is 64.6 Å². The van der Waals surface area contributed by atoms with Gasteiger partial charge in [-0.3, -0.25) is 28.8 Å². The van der Waals surface area contributed by atoms with Crippen molar-refractivity contribution in [2.45, 2.75) is 47.5 Å². The zero-order valence-electron chi connectivity index (χ0n) is 46.0. The predicted molar refractivity (Wildman–Crippen MR) is 334 cm³/mol. The lowest BCUT2D eigenvalue weighted by Gasteiger charge is -2.06. The Morgan fingerprint density at radius 2 is 0.977 bits per heavy atom. The number of aromatic amines is 2. The second-order valence-electron chi connectivity index (χ2n) is 15.4. The zero-order valence-corrected chi connectivity index (χ0v) is 53.9. The smallest absolute Gasteiger partial charge is 0.347 e. The number of nitrogens with one attached hydrogen (secondary N) is 3. The number of hydrogen-bond donors (Lipinski definition) is 5. The van der Waals surface area contributed by atoms with E-state index < -0.39 is 58.1 Å². The maximum Gasteiger partial charge on any atom is 0.347 e. The van der Waals surface area contributed by atoms with Crippen molar-refractivity contribution < 1.29 is 81.4 Å². The molecule has 8 heterocycles. The zero-order chi connectivity index (χ0) is 63.5. The molecule has 0 radical (unpaired) electrons. The second kappa shape index (κ2) is 38.1. The van der Waals surface area contributed by atoms with E-state index in [0.717, 1.165) is 5.39 Å². The van der Waals surface area contributed by atoms with Crippen LogP contribution in [0.1, 0.15) is 99.3 Å². The molecule has 464 valence electrons. The predicted octanol–water partition coefficient (Wildman–Crippen LogP) is 11.3. The van der Waals surface area contributed by atoms with Crippen LogP contribution in [0.3, 0.4) is 0 Å². The number of aromatic nitrogens is 3. The van der Waals surface area contributed by atoms with Gasteiger partial charge in [0.1, 0.15) is 34.9 Å². The fraction of sp³-hybridized carbons (Fsp3) is 0.269. The van der Waals surface area contributed by atoms with Gasteiger partial charge >= 0.3 is 41.8 Å². The average Bonchev–Trinajstić information content (AvgIpc) is 3.86. The summed E-state index contributed by atoms with van der Waals surface area (Å²) in [5, 5.41) is 31.0. The van der Waals surface area contributed by atoms with Crippen LogP contribution in [0.5, 0.6) is 5.75 Å². The van der Waals surface area contributed by atoms with E-state index >= 15 is 0 Å². The van der Waals surface area contributed by atoms with Gasteiger partial charge in [-0.25, -0.2) is 29.0 Å². The third-order valence-electron chi connectivity index (χ3n) is 9.82. The molecule has 6 N–H and O–H groups in total. The number of anilines is 2. The van der Waals surface area contributed by atoms with Gasteiger partial charge in [0.2, 0.25) is 11.1 Å². The number of nitrogens with two attached hydrogens (primary N) is 1. The Morgan fingerprint density at radius 3 is 1.50 bits per heavy atom. The summed E-state index contributed by atoms with van der Waals surface area (Å²) in [6, 6.07) is 0. The molecule has 8 aromatic rings. The van der Waals surface area contributed by atoms with Gasteiger partial charge in [-0.05, 0) is 46.2 Å². The monoisotopic (exact) mass is 1390 g/mol. The van der Waals surface area contributed by atoms with Crippen LogP contribution in [0.25, 0.3) is 32.7 Å². The number of hydrogen-bond acceptors (Lipinski definition) is 26. The molecule has 0 aliphatic rings. The van der Waals surface area contributed by atoms with E-state index in [4.69, 9.17) is 66.3 Å². The van der Waals surface area contributed by atoms with Crippen LogP contribution >= 0.6 is 115 Å². The number of fused-ring (bicyclic) bond motifs is 3. The van der Waals surface area contributed by atoms with E-state index in [1.54, 1.807) is 77.7 Å². The molecule has 0 bridgehead atoms. The first-order chi connectivity index (χ1) is 40.4. The molecule has 1 amide bonds. The van der Waals surface area contributed by atoms with E-state index in [1.807, 2.05) is 10.8 Å². The molecular weight excluding hydrogens is 1340 g/mol. The summed E-state index contributed by atoms with van der Waals surface area (Å²) in [4.78, 5) is 132. The first-order valence-corrected chi connectivity index (χ1v) is 30.3. The highest BCUT2D eigenvalue weighted by Crippen LogP contribution is 2.34. The fourth-order valence-electron chi connectivity index (χ4n) is 6.18. The number of methoxy groups -OCH3 is 2. The molecule has 0 aliphatic carbocycles. The first kappa shape index (κ1) is 74.9. The minimum atomic E-state index is -0.811. The van der Waals surface area contributed by atoms with Gasteiger partial charge in [0.25, 0.3) is 11.1 Å². The average molecular weight is 1390 g/mol. The molecule has 0 unspecified atom stereocenters. The maximum absolute atomic E-state index is 11.6. The first-order valence-electron chi connectivity index (χ1n) is 24.1. The van der Waals surface area contributed by atoms with Crippen LogP contribution in [0.15, 0.2) is 63.4 Å². The van der Waals surface area contributed by atoms with E-state index in [-0.39, 0.29) is 102 Å². The molecule has 0 aromatic carbocycles. The molecule has 0 spiro atoms. The number of esters is 7. The number of carbonyl (C=O) groups excluding carboxylic acids is 9. The number of ether oxygens (including phenoxy) is 7. The van der Waals surface area contributed by atoms with Crippen LogP contribution in [0.4, 0.5) is 11.4 Å². The molecular formula is C52H52Cl5N5O19S5. The minimum Gasteiger partial charge on any atom is -0.506 e. The number of H-pyrrole nitrogens is 2. The summed E-state index contributed by atoms with van der Waals surface area (Å²) < 4.78 is 32.4. The molecule has 0 aliphatic heterocycles. The molecule has 0 atom stereocenters. The number of pyridine rings is 3. The fourth-order valence-corrected chi connectivity index (χ4v) is 11.1. The Morgan fingerprint density at radius 1 is 0.547 bits per heavy atom. The number of rotatable bonds is 15. The molecule has 0 fully saturated rings. The van der Waals surface area contributed by atoms with Crippen molar-refractivity contribution in [2.24, 2.45) is 0 Å². The number of carbonyl (C=O) groups is 9. The van der Waals surface area contributed by atoms with Crippen molar-refractivity contribution in [1.29, 1.82) is 0 Å². The van der Waals surface area contributed by atoms with Gasteiger partial charge in [0.05, 0.1) is 102 Å². The topological polar surface area (TPSA) is 355 Å². The molecule has 0 saturated heterocycles. The lowest BCUT2D eigenvalue weighted by molar-refractivity contribution is -0.146. The Bertz CT molecular complexity index is 3670. The lowest BCUT2D eigenvalue weighted by Crippen LogP contribution is -2.20. The van der Waals surface area contributed by atoms with Crippen molar-refractivity contribution in [3.05, 3.63) is 118 Å².